The van der Waals surface area contributed by atoms with E-state index >= 15 is 0 Å². The molecule has 1 saturated carbocycles. The first-order valence-corrected chi connectivity index (χ1v) is 23.7. The molecule has 16 heteroatoms. The second-order valence-corrected chi connectivity index (χ2v) is 20.7. The number of hydrogen-bond acceptors (Lipinski definition) is 12. The van der Waals surface area contributed by atoms with Gasteiger partial charge in [0.15, 0.2) is 27.1 Å². The molecule has 3 atom stereocenters. The van der Waals surface area contributed by atoms with Crippen molar-refractivity contribution in [3.8, 4) is 17.1 Å². The summed E-state index contributed by atoms with van der Waals surface area (Å²) in [5, 5.41) is 11.8. The summed E-state index contributed by atoms with van der Waals surface area (Å²) in [6.45, 7) is 15.3. The number of hydrogen-bond donors (Lipinski definition) is 2. The molecule has 0 spiro atoms. The highest BCUT2D eigenvalue weighted by atomic mass is 32.2. The van der Waals surface area contributed by atoms with Crippen LogP contribution in [0.25, 0.3) is 27.3 Å². The maximum atomic E-state index is 13.2. The number of ether oxygens (including phenoxy) is 2. The fourth-order valence-corrected chi connectivity index (χ4v) is 10.8. The number of Topliss-reactive ketones (excluding diaryl/α,β-unsaturated/α-hetero) is 1. The maximum Gasteiger partial charge on any atom is 0.190 e. The van der Waals surface area contributed by atoms with Crippen LogP contribution in [0.1, 0.15) is 62.8 Å². The Morgan fingerprint density at radius 2 is 1.85 bits per heavy atom. The van der Waals surface area contributed by atoms with Crippen molar-refractivity contribution in [1.82, 2.24) is 19.5 Å². The normalized spacial score (nSPS) is 18.3. The monoisotopic (exact) mass is 853 g/mol. The zero-order valence-electron chi connectivity index (χ0n) is 34.4. The molecule has 0 amide bonds. The van der Waals surface area contributed by atoms with Crippen LogP contribution in [0.2, 0.25) is 0 Å². The highest BCUT2D eigenvalue weighted by Crippen LogP contribution is 2.53. The van der Waals surface area contributed by atoms with Gasteiger partial charge in [-0.1, -0.05) is 18.2 Å². The summed E-state index contributed by atoms with van der Waals surface area (Å²) in [6.07, 6.45) is 8.94. The van der Waals surface area contributed by atoms with Crippen LogP contribution in [-0.4, -0.2) is 93.1 Å². The van der Waals surface area contributed by atoms with Gasteiger partial charge in [0.05, 0.1) is 63.3 Å². The van der Waals surface area contributed by atoms with E-state index < -0.39 is 41.5 Å². The molecule has 2 N–H and O–H groups in total. The van der Waals surface area contributed by atoms with Crippen molar-refractivity contribution in [1.29, 1.82) is 4.78 Å². The van der Waals surface area contributed by atoms with Gasteiger partial charge in [-0.05, 0) is 100 Å². The number of fused-ring (bicyclic) bond motifs is 1. The van der Waals surface area contributed by atoms with Crippen LogP contribution < -0.4 is 9.64 Å². The Labute approximate surface area is 351 Å². The Kier molecular flexibility index (Phi) is 12.2. The van der Waals surface area contributed by atoms with Crippen LogP contribution in [-0.2, 0) is 46.8 Å². The zero-order chi connectivity index (χ0) is 42.9. The molecular weight excluding hydrogens is 803 g/mol. The van der Waals surface area contributed by atoms with Crippen LogP contribution in [0.3, 0.4) is 0 Å². The number of aryl methyl sites for hydroxylation is 2. The van der Waals surface area contributed by atoms with Crippen molar-refractivity contribution in [2.45, 2.75) is 87.1 Å². The third kappa shape index (κ3) is 9.09. The van der Waals surface area contributed by atoms with Crippen LogP contribution in [0.15, 0.2) is 78.0 Å². The first-order chi connectivity index (χ1) is 28.5. The maximum absolute atomic E-state index is 13.2. The van der Waals surface area contributed by atoms with Gasteiger partial charge >= 0.3 is 0 Å². The lowest BCUT2D eigenvalue weighted by atomic mass is 9.96. The number of morpholine rings is 1. The number of nitrogens with zero attached hydrogens (tertiary/aromatic N) is 6. The number of pyridine rings is 1. The molecule has 1 aliphatic heterocycles. The first-order valence-electron chi connectivity index (χ1n) is 20.1. The van der Waals surface area contributed by atoms with Gasteiger partial charge in [-0.15, -0.1) is 0 Å². The predicted molar refractivity (Wildman–Crippen MR) is 231 cm³/mol. The summed E-state index contributed by atoms with van der Waals surface area (Å²) >= 11 is 0. The highest BCUT2D eigenvalue weighted by Gasteiger charge is 2.53. The lowest BCUT2D eigenvalue weighted by Crippen LogP contribution is -2.44. The Bertz CT molecular complexity index is 2670. The van der Waals surface area contributed by atoms with Crippen LogP contribution >= 0.6 is 0 Å². The fraction of sp³-hybridized carbons (Fsp3) is 0.432. The molecule has 7 rings (SSSR count). The van der Waals surface area contributed by atoms with Gasteiger partial charge in [0.1, 0.15) is 22.8 Å². The molecule has 60 heavy (non-hydrogen) atoms. The minimum absolute atomic E-state index is 0.0200. The molecule has 0 bridgehead atoms. The minimum Gasteiger partial charge on any atom is -0.494 e. The van der Waals surface area contributed by atoms with Crippen molar-refractivity contribution >= 4 is 47.9 Å². The van der Waals surface area contributed by atoms with E-state index in [9.17, 15) is 22.5 Å². The highest BCUT2D eigenvalue weighted by molar-refractivity contribution is 7.93. The smallest absolute Gasteiger partial charge is 0.190 e. The zero-order valence-corrected chi connectivity index (χ0v) is 36.0. The topological polar surface area (TPSA) is 182 Å². The number of sulfone groups is 1. The molecule has 5 aromatic rings. The van der Waals surface area contributed by atoms with E-state index in [2.05, 4.69) is 21.2 Å². The quantitative estimate of drug-likeness (QED) is 0.0739. The number of ketones is 1. The van der Waals surface area contributed by atoms with Crippen molar-refractivity contribution in [3.63, 3.8) is 0 Å². The second kappa shape index (κ2) is 17.0. The number of unbranched alkanes of at least 4 members (excludes halogenated alkanes) is 2. The van der Waals surface area contributed by atoms with E-state index in [1.165, 1.54) is 25.3 Å². The van der Waals surface area contributed by atoms with Gasteiger partial charge < -0.3 is 24.0 Å². The first kappa shape index (κ1) is 42.9. The predicted octanol–water partition coefficient (Wildman–Crippen LogP) is 6.83. The number of rotatable bonds is 17. The lowest BCUT2D eigenvalue weighted by molar-refractivity contribution is -0.133. The molecule has 1 aliphatic carbocycles. The molecule has 2 aliphatic rings. The van der Waals surface area contributed by atoms with Gasteiger partial charge in [-0.3, -0.25) is 9.57 Å². The summed E-state index contributed by atoms with van der Waals surface area (Å²) in [6, 6.07) is 16.9. The average molecular weight is 854 g/mol. The van der Waals surface area contributed by atoms with E-state index in [0.29, 0.717) is 73.3 Å². The minimum atomic E-state index is -4.00. The number of benzene rings is 2. The largest absolute Gasteiger partial charge is 0.494 e. The number of nitrogens with one attached hydrogen (secondary N) is 1. The Hall–Kier alpha value is -5.21. The summed E-state index contributed by atoms with van der Waals surface area (Å²) in [7, 11) is -6.91. The molecule has 316 valence electrons. The van der Waals surface area contributed by atoms with Crippen molar-refractivity contribution < 1.29 is 32.0 Å². The SMILES string of the molecule is [C-]#[N+]c1ccc(CC(=O)[C@@](C)(O)CS(=O)(=O)c2ccc(OCCCCCn3ccc4c(-c5nc(N6CCOC[C@H]6C)cc(C6([S@](C)(=N)=O)CC6)n5)ccnc43)cc2)cc1C. The number of carbonyl (C=O) groups excluding carboxylic acids is 1. The number of aliphatic hydroxyl groups is 1. The van der Waals surface area contributed by atoms with Crippen molar-refractivity contribution in [2.75, 3.05) is 43.3 Å². The Morgan fingerprint density at radius 3 is 2.53 bits per heavy atom. The van der Waals surface area contributed by atoms with Gasteiger partial charge in [-0.25, -0.2) is 32.4 Å². The number of carbonyl (C=O) groups is 1. The van der Waals surface area contributed by atoms with Crippen LogP contribution in [0, 0.1) is 18.3 Å². The molecule has 2 aromatic carbocycles. The summed E-state index contributed by atoms with van der Waals surface area (Å²) in [5.41, 5.74) is 1.95. The van der Waals surface area contributed by atoms with Gasteiger partial charge in [0.2, 0.25) is 0 Å². The number of aromatic nitrogens is 4. The van der Waals surface area contributed by atoms with Gasteiger partial charge in [0.25, 0.3) is 0 Å². The Morgan fingerprint density at radius 1 is 1.08 bits per heavy atom. The third-order valence-corrected chi connectivity index (χ3v) is 15.5. The molecule has 2 fully saturated rings. The van der Waals surface area contributed by atoms with Crippen LogP contribution in [0.5, 0.6) is 5.75 Å². The third-order valence-electron chi connectivity index (χ3n) is 11.5. The molecule has 0 unspecified atom stereocenters. The molecule has 3 aromatic heterocycles. The second-order valence-electron chi connectivity index (χ2n) is 16.2. The summed E-state index contributed by atoms with van der Waals surface area (Å²) in [4.78, 5) is 33.3. The van der Waals surface area contributed by atoms with Gasteiger partial charge in [0, 0.05) is 55.2 Å². The van der Waals surface area contributed by atoms with Crippen molar-refractivity contribution in [3.05, 3.63) is 101 Å². The lowest BCUT2D eigenvalue weighted by Gasteiger charge is -2.35. The standard InChI is InChI=1S/C44H51N7O7S2/c1-30-25-32(9-14-37(30)46-4)26-39(52)43(3,53)29-60(55,56)34-12-10-33(11-13-34)58-23-8-6-7-20-50-21-16-36-35(15-19-47-42(36)50)41-48-38(44(17-18-44)59(5,45)54)27-40(49-41)51-22-24-57-28-31(51)2/h9-16,19,21,25,27,31,45,53H,6-8,17-18,20,22-24,26,28-29H2,1-3,5H3/t31-,43+,59-/m1/s1. The fourth-order valence-electron chi connectivity index (χ4n) is 7.78. The van der Waals surface area contributed by atoms with E-state index in [0.717, 1.165) is 48.2 Å². The summed E-state index contributed by atoms with van der Waals surface area (Å²) in [5.74, 6) is 0.395. The molecule has 14 nitrogen and oxygen atoms in total. The average Bonchev–Trinajstić information content (AvgIpc) is 3.94. The van der Waals surface area contributed by atoms with E-state index in [1.54, 1.807) is 43.5 Å². The molecular formula is C44H51N7O7S2. The molecule has 4 heterocycles. The van der Waals surface area contributed by atoms with Crippen molar-refractivity contribution in [2.24, 2.45) is 0 Å². The van der Waals surface area contributed by atoms with Gasteiger partial charge in [-0.2, -0.15) is 0 Å². The molecule has 0 radical (unpaired) electrons. The Balaban J connectivity index is 0.937. The van der Waals surface area contributed by atoms with Crippen LogP contribution in [0.4, 0.5) is 11.5 Å². The molecule has 1 saturated heterocycles. The van der Waals surface area contributed by atoms with E-state index in [-0.39, 0.29) is 17.4 Å². The number of anilines is 1. The summed E-state index contributed by atoms with van der Waals surface area (Å²) < 4.78 is 61.0. The van der Waals surface area contributed by atoms with E-state index in [1.807, 2.05) is 24.4 Å². The van der Waals surface area contributed by atoms with E-state index in [4.69, 9.17) is 35.8 Å².